The number of nitrogens with one attached hydrogen (secondary N) is 4. The molecule has 6 amide bonds. The molecule has 0 spiro atoms. The SMILES string of the molecule is CCN(CC)C(=O)c1cccc(C(=O)NCC(C)(CNC(=O)CNC(=O)c2cccc(C)n2)CNC(=O)c2cccc(C(=O)N(CC)CC)n2)n1. The van der Waals surface area contributed by atoms with Crippen molar-refractivity contribution < 1.29 is 28.8 Å². The zero-order valence-electron chi connectivity index (χ0n) is 30.0. The van der Waals surface area contributed by atoms with Gasteiger partial charge in [-0.25, -0.2) is 15.0 Å². The number of carbonyl (C=O) groups excluding carboxylic acids is 6. The van der Waals surface area contributed by atoms with Gasteiger partial charge in [0.1, 0.15) is 28.5 Å². The van der Waals surface area contributed by atoms with Gasteiger partial charge >= 0.3 is 0 Å². The maximum absolute atomic E-state index is 13.2. The molecule has 0 saturated heterocycles. The van der Waals surface area contributed by atoms with Gasteiger partial charge in [0.2, 0.25) is 5.91 Å². The molecule has 0 fully saturated rings. The highest BCUT2D eigenvalue weighted by atomic mass is 16.2. The number of aromatic nitrogens is 3. The van der Waals surface area contributed by atoms with Gasteiger partial charge in [-0.2, -0.15) is 0 Å². The van der Waals surface area contributed by atoms with Gasteiger partial charge in [0, 0.05) is 56.9 Å². The lowest BCUT2D eigenvalue weighted by Gasteiger charge is -2.30. The quantitative estimate of drug-likeness (QED) is 0.162. The van der Waals surface area contributed by atoms with E-state index in [0.717, 1.165) is 0 Å². The lowest BCUT2D eigenvalue weighted by atomic mass is 9.90. The van der Waals surface area contributed by atoms with E-state index in [1.165, 1.54) is 18.2 Å². The minimum atomic E-state index is -0.966. The third kappa shape index (κ3) is 11.4. The van der Waals surface area contributed by atoms with Crippen molar-refractivity contribution in [3.63, 3.8) is 0 Å². The molecule has 0 saturated carbocycles. The Morgan fingerprint density at radius 1 is 0.549 bits per heavy atom. The summed E-state index contributed by atoms with van der Waals surface area (Å²) in [5.41, 5.74) is 0.167. The van der Waals surface area contributed by atoms with Crippen LogP contribution in [0.25, 0.3) is 0 Å². The van der Waals surface area contributed by atoms with E-state index in [0.29, 0.717) is 31.9 Å². The van der Waals surface area contributed by atoms with E-state index in [2.05, 4.69) is 36.2 Å². The summed E-state index contributed by atoms with van der Waals surface area (Å²) in [5.74, 6) is -2.74. The summed E-state index contributed by atoms with van der Waals surface area (Å²) in [6, 6.07) is 14.2. The summed E-state index contributed by atoms with van der Waals surface area (Å²) in [6.07, 6.45) is 0. The Balaban J connectivity index is 1.74. The van der Waals surface area contributed by atoms with E-state index in [-0.39, 0.29) is 66.5 Å². The van der Waals surface area contributed by atoms with E-state index >= 15 is 0 Å². The number of amides is 6. The van der Waals surface area contributed by atoms with E-state index in [4.69, 9.17) is 0 Å². The molecule has 4 N–H and O–H groups in total. The summed E-state index contributed by atoms with van der Waals surface area (Å²) in [4.78, 5) is 93.3. The van der Waals surface area contributed by atoms with Crippen LogP contribution in [0.15, 0.2) is 54.6 Å². The van der Waals surface area contributed by atoms with Gasteiger partial charge in [-0.3, -0.25) is 28.8 Å². The fourth-order valence-corrected chi connectivity index (χ4v) is 4.96. The van der Waals surface area contributed by atoms with Crippen LogP contribution in [0.1, 0.15) is 92.8 Å². The molecule has 0 aliphatic rings. The molecule has 3 aromatic rings. The Hall–Kier alpha value is -5.73. The second-order valence-electron chi connectivity index (χ2n) is 12.1. The summed E-state index contributed by atoms with van der Waals surface area (Å²) in [5, 5.41) is 10.9. The zero-order chi connectivity index (χ0) is 37.6. The van der Waals surface area contributed by atoms with Gasteiger partial charge in [0.25, 0.3) is 29.5 Å². The van der Waals surface area contributed by atoms with Gasteiger partial charge in [0.05, 0.1) is 6.54 Å². The van der Waals surface area contributed by atoms with Crippen molar-refractivity contribution in [1.82, 2.24) is 46.0 Å². The largest absolute Gasteiger partial charge is 0.354 e. The van der Waals surface area contributed by atoms with Crippen LogP contribution in [0, 0.1) is 12.3 Å². The van der Waals surface area contributed by atoms with Gasteiger partial charge in [-0.15, -0.1) is 0 Å². The van der Waals surface area contributed by atoms with Crippen molar-refractivity contribution >= 4 is 35.4 Å². The molecule has 0 aliphatic heterocycles. The standard InChI is InChI=1S/C36H47N9O6/c1-7-44(8-2)34(50)28-18-12-16-26(42-28)32(48)39-22-36(6,21-38-30(46)20-37-31(47)25-15-11-14-24(5)41-25)23-40-33(49)27-17-13-19-29(43-27)35(51)45(9-3)10-4/h11-19H,7-10,20-23H2,1-6H3,(H,37,47)(H,38,46)(H,39,48)(H,40,49). The highest BCUT2D eigenvalue weighted by Crippen LogP contribution is 2.15. The van der Waals surface area contributed by atoms with Gasteiger partial charge in [-0.05, 0) is 71.0 Å². The molecule has 0 aromatic carbocycles. The van der Waals surface area contributed by atoms with Crippen LogP contribution >= 0.6 is 0 Å². The van der Waals surface area contributed by atoms with Crippen molar-refractivity contribution in [3.05, 3.63) is 88.8 Å². The molecule has 0 bridgehead atoms. The molecule has 0 radical (unpaired) electrons. The maximum Gasteiger partial charge on any atom is 0.272 e. The third-order valence-electron chi connectivity index (χ3n) is 8.10. The highest BCUT2D eigenvalue weighted by molar-refractivity contribution is 5.97. The topological polar surface area (TPSA) is 196 Å². The van der Waals surface area contributed by atoms with E-state index < -0.39 is 29.0 Å². The van der Waals surface area contributed by atoms with Crippen LogP contribution in [0.3, 0.4) is 0 Å². The Kier molecular flexibility index (Phi) is 14.7. The molecule has 3 rings (SSSR count). The molecule has 3 aromatic heterocycles. The normalized spacial score (nSPS) is 10.9. The third-order valence-corrected chi connectivity index (χ3v) is 8.10. The molecule has 3 heterocycles. The molecule has 0 atom stereocenters. The summed E-state index contributed by atoms with van der Waals surface area (Å²) < 4.78 is 0. The molecule has 0 unspecified atom stereocenters. The molecule has 15 nitrogen and oxygen atoms in total. The molecular formula is C36H47N9O6. The number of carbonyl (C=O) groups is 6. The van der Waals surface area contributed by atoms with Crippen LogP contribution in [-0.4, -0.2) is 113 Å². The average Bonchev–Trinajstić information content (AvgIpc) is 3.15. The Morgan fingerprint density at radius 3 is 1.35 bits per heavy atom. The highest BCUT2D eigenvalue weighted by Gasteiger charge is 2.28. The lowest BCUT2D eigenvalue weighted by Crippen LogP contribution is -2.51. The predicted molar refractivity (Wildman–Crippen MR) is 190 cm³/mol. The molecule has 272 valence electrons. The van der Waals surface area contributed by atoms with Crippen LogP contribution in [-0.2, 0) is 4.79 Å². The summed E-state index contributed by atoms with van der Waals surface area (Å²) in [6.45, 7) is 12.4. The summed E-state index contributed by atoms with van der Waals surface area (Å²) in [7, 11) is 0. The first-order valence-corrected chi connectivity index (χ1v) is 16.9. The molecule has 51 heavy (non-hydrogen) atoms. The van der Waals surface area contributed by atoms with E-state index in [1.807, 2.05) is 27.7 Å². The number of hydrogen-bond donors (Lipinski definition) is 4. The van der Waals surface area contributed by atoms with Crippen molar-refractivity contribution in [2.45, 2.75) is 41.5 Å². The zero-order valence-corrected chi connectivity index (χ0v) is 30.0. The number of nitrogens with zero attached hydrogens (tertiary/aromatic N) is 5. The molecular weight excluding hydrogens is 654 g/mol. The first-order chi connectivity index (χ1) is 24.3. The van der Waals surface area contributed by atoms with Gasteiger partial charge in [-0.1, -0.05) is 25.1 Å². The fraction of sp³-hybridized carbons (Fsp3) is 0.417. The maximum atomic E-state index is 13.2. The number of aryl methyl sites for hydroxylation is 1. The van der Waals surface area contributed by atoms with Crippen LogP contribution in [0.2, 0.25) is 0 Å². The van der Waals surface area contributed by atoms with Crippen LogP contribution in [0.4, 0.5) is 0 Å². The Morgan fingerprint density at radius 2 is 0.922 bits per heavy atom. The monoisotopic (exact) mass is 701 g/mol. The van der Waals surface area contributed by atoms with Crippen LogP contribution in [0.5, 0.6) is 0 Å². The fourth-order valence-electron chi connectivity index (χ4n) is 4.96. The molecule has 15 heteroatoms. The number of hydrogen-bond acceptors (Lipinski definition) is 9. The Labute approximate surface area is 298 Å². The second kappa shape index (κ2) is 18.9. The predicted octanol–water partition coefficient (Wildman–Crippen LogP) is 1.86. The first-order valence-electron chi connectivity index (χ1n) is 16.9. The lowest BCUT2D eigenvalue weighted by molar-refractivity contribution is -0.120. The van der Waals surface area contributed by atoms with Gasteiger partial charge < -0.3 is 31.1 Å². The average molecular weight is 702 g/mol. The van der Waals surface area contributed by atoms with Crippen LogP contribution < -0.4 is 21.3 Å². The van der Waals surface area contributed by atoms with Crippen molar-refractivity contribution in [2.24, 2.45) is 5.41 Å². The number of pyridine rings is 3. The molecule has 0 aliphatic carbocycles. The van der Waals surface area contributed by atoms with Gasteiger partial charge in [0.15, 0.2) is 0 Å². The number of rotatable bonds is 17. The smallest absolute Gasteiger partial charge is 0.272 e. The second-order valence-corrected chi connectivity index (χ2v) is 12.1. The van der Waals surface area contributed by atoms with E-state index in [9.17, 15) is 28.8 Å². The first kappa shape index (κ1) is 39.7. The minimum Gasteiger partial charge on any atom is -0.354 e. The van der Waals surface area contributed by atoms with Crippen molar-refractivity contribution in [2.75, 3.05) is 52.4 Å². The van der Waals surface area contributed by atoms with Crippen molar-refractivity contribution in [1.29, 1.82) is 0 Å². The van der Waals surface area contributed by atoms with E-state index in [1.54, 1.807) is 60.0 Å². The Bertz CT molecular complexity index is 1640. The summed E-state index contributed by atoms with van der Waals surface area (Å²) >= 11 is 0. The van der Waals surface area contributed by atoms with Crippen molar-refractivity contribution in [3.8, 4) is 0 Å². The minimum absolute atomic E-state index is 0.0210.